The van der Waals surface area contributed by atoms with Crippen LogP contribution in [-0.4, -0.2) is 46.9 Å². The second-order valence-electron chi connectivity index (χ2n) is 7.88. The molecule has 1 fully saturated rings. The van der Waals surface area contributed by atoms with E-state index in [1.54, 1.807) is 15.3 Å². The molecule has 3 aromatic heterocycles. The average molecular weight is 438 g/mol. The number of aromatic nitrogens is 6. The van der Waals surface area contributed by atoms with Crippen molar-refractivity contribution in [2.45, 2.75) is 38.9 Å². The minimum absolute atomic E-state index is 0.0973. The molecule has 0 aliphatic carbocycles. The van der Waals surface area contributed by atoms with Crippen LogP contribution in [0.15, 0.2) is 46.2 Å². The first-order valence-electron chi connectivity index (χ1n) is 10.3. The molecule has 0 bridgehead atoms. The number of hydrogen-bond acceptors (Lipinski definition) is 7. The van der Waals surface area contributed by atoms with E-state index < -0.39 is 0 Å². The zero-order valence-electron chi connectivity index (χ0n) is 17.3. The van der Waals surface area contributed by atoms with E-state index >= 15 is 0 Å². The zero-order chi connectivity index (χ0) is 21.5. The molecule has 4 heterocycles. The number of piperidine rings is 1. The summed E-state index contributed by atoms with van der Waals surface area (Å²) >= 11 is 5.79. The summed E-state index contributed by atoms with van der Waals surface area (Å²) in [5.74, 6) is 2.06. The van der Waals surface area contributed by atoms with Crippen molar-refractivity contribution in [2.24, 2.45) is 0 Å². The smallest absolute Gasteiger partial charge is 0.263 e. The second-order valence-corrected chi connectivity index (χ2v) is 8.24. The van der Waals surface area contributed by atoms with Crippen LogP contribution in [0.1, 0.15) is 30.5 Å². The van der Waals surface area contributed by atoms with Gasteiger partial charge >= 0.3 is 0 Å². The van der Waals surface area contributed by atoms with Crippen LogP contribution in [0.2, 0.25) is 0 Å². The first kappa shape index (κ1) is 19.8. The van der Waals surface area contributed by atoms with Crippen LogP contribution in [0.5, 0.6) is 0 Å². The van der Waals surface area contributed by atoms with E-state index in [1.165, 1.54) is 0 Å². The minimum atomic E-state index is -0.0973. The number of para-hydroxylation sites is 1. The van der Waals surface area contributed by atoms with Crippen LogP contribution >= 0.6 is 12.2 Å². The summed E-state index contributed by atoms with van der Waals surface area (Å²) < 4.78 is 11.2. The molecule has 0 radical (unpaired) electrons. The molecule has 1 saturated heterocycles. The molecule has 4 aromatic rings. The van der Waals surface area contributed by atoms with E-state index in [2.05, 4.69) is 21.6 Å². The Kier molecular flexibility index (Phi) is 5.03. The third-order valence-corrected chi connectivity index (χ3v) is 6.12. The van der Waals surface area contributed by atoms with Gasteiger partial charge < -0.3 is 4.52 Å². The topological polar surface area (TPSA) is 86.4 Å². The molecule has 5 rings (SSSR count). The van der Waals surface area contributed by atoms with Crippen LogP contribution in [-0.2, 0) is 13.2 Å². The number of likely N-dealkylation sites (tertiary alicyclic amines) is 1. The van der Waals surface area contributed by atoms with Crippen LogP contribution in [0, 0.1) is 11.7 Å². The van der Waals surface area contributed by atoms with Crippen LogP contribution in [0.3, 0.4) is 0 Å². The van der Waals surface area contributed by atoms with Gasteiger partial charge in [0.05, 0.1) is 23.5 Å². The molecule has 1 aliphatic rings. The molecule has 31 heavy (non-hydrogen) atoms. The van der Waals surface area contributed by atoms with Crippen molar-refractivity contribution in [3.63, 3.8) is 0 Å². The molecule has 9 nitrogen and oxygen atoms in total. The van der Waals surface area contributed by atoms with E-state index in [4.69, 9.17) is 21.8 Å². The van der Waals surface area contributed by atoms with Gasteiger partial charge in [0.1, 0.15) is 0 Å². The SMILES string of the molecule is C=CCn1c(=O)c2ccccc2n2c(=S)n(CN3CCCC(c4nc(C)no4)C3)nc12. The number of fused-ring (bicyclic) bond motifs is 3. The monoisotopic (exact) mass is 437 g/mol. The van der Waals surface area contributed by atoms with Gasteiger partial charge in [-0.2, -0.15) is 4.98 Å². The highest BCUT2D eigenvalue weighted by molar-refractivity contribution is 7.71. The Morgan fingerprint density at radius 2 is 2.19 bits per heavy atom. The van der Waals surface area contributed by atoms with Crippen molar-refractivity contribution in [1.82, 2.24) is 33.8 Å². The van der Waals surface area contributed by atoms with Crippen molar-refractivity contribution < 1.29 is 4.52 Å². The maximum atomic E-state index is 13.0. The first-order valence-corrected chi connectivity index (χ1v) is 10.7. The zero-order valence-corrected chi connectivity index (χ0v) is 18.1. The normalized spacial score (nSPS) is 17.5. The second kappa shape index (κ2) is 7.86. The van der Waals surface area contributed by atoms with E-state index in [9.17, 15) is 4.79 Å². The first-order chi connectivity index (χ1) is 15.1. The Labute approximate surface area is 183 Å². The van der Waals surface area contributed by atoms with Crippen LogP contribution in [0.4, 0.5) is 0 Å². The molecular weight excluding hydrogens is 414 g/mol. The fraction of sp³-hybridized carbons (Fsp3) is 0.381. The van der Waals surface area contributed by atoms with Crippen LogP contribution in [0.25, 0.3) is 16.7 Å². The lowest BCUT2D eigenvalue weighted by Crippen LogP contribution is -2.36. The van der Waals surface area contributed by atoms with Gasteiger partial charge in [0.25, 0.3) is 5.56 Å². The Bertz CT molecular complexity index is 1400. The van der Waals surface area contributed by atoms with Gasteiger partial charge in [0, 0.05) is 13.1 Å². The maximum absolute atomic E-state index is 13.0. The molecule has 1 unspecified atom stereocenters. The third-order valence-electron chi connectivity index (χ3n) is 5.73. The van der Waals surface area contributed by atoms with Gasteiger partial charge in [-0.3, -0.25) is 18.7 Å². The van der Waals surface area contributed by atoms with E-state index in [-0.39, 0.29) is 11.5 Å². The summed E-state index contributed by atoms with van der Waals surface area (Å²) in [6.45, 7) is 8.23. The minimum Gasteiger partial charge on any atom is -0.339 e. The Morgan fingerprint density at radius 3 is 2.97 bits per heavy atom. The van der Waals surface area contributed by atoms with Gasteiger partial charge in [-0.1, -0.05) is 23.4 Å². The largest absolute Gasteiger partial charge is 0.339 e. The molecule has 1 aliphatic heterocycles. The Morgan fingerprint density at radius 1 is 1.35 bits per heavy atom. The number of hydrogen-bond donors (Lipinski definition) is 0. The average Bonchev–Trinajstić information content (AvgIpc) is 3.35. The predicted molar refractivity (Wildman–Crippen MR) is 119 cm³/mol. The van der Waals surface area contributed by atoms with Crippen molar-refractivity contribution >= 4 is 28.9 Å². The van der Waals surface area contributed by atoms with E-state index in [0.717, 1.165) is 31.4 Å². The van der Waals surface area contributed by atoms with Crippen molar-refractivity contribution in [3.8, 4) is 0 Å². The molecular formula is C21H23N7O2S. The quantitative estimate of drug-likeness (QED) is 0.350. The summed E-state index contributed by atoms with van der Waals surface area (Å²) in [6.07, 6.45) is 3.73. The lowest BCUT2D eigenvalue weighted by Gasteiger charge is -2.30. The Balaban J connectivity index is 1.55. The molecule has 1 aromatic carbocycles. The molecule has 0 saturated carbocycles. The fourth-order valence-electron chi connectivity index (χ4n) is 4.31. The third kappa shape index (κ3) is 3.41. The maximum Gasteiger partial charge on any atom is 0.263 e. The predicted octanol–water partition coefficient (Wildman–Crippen LogP) is 2.89. The lowest BCUT2D eigenvalue weighted by molar-refractivity contribution is 0.143. The Hall–Kier alpha value is -3.11. The summed E-state index contributed by atoms with van der Waals surface area (Å²) in [6, 6.07) is 7.48. The van der Waals surface area contributed by atoms with E-state index in [0.29, 0.717) is 40.9 Å². The van der Waals surface area contributed by atoms with E-state index in [1.807, 2.05) is 35.6 Å². The highest BCUT2D eigenvalue weighted by Gasteiger charge is 2.26. The summed E-state index contributed by atoms with van der Waals surface area (Å²) in [5.41, 5.74) is 0.664. The van der Waals surface area contributed by atoms with Crippen molar-refractivity contribution in [2.75, 3.05) is 13.1 Å². The van der Waals surface area contributed by atoms with Gasteiger partial charge in [0.2, 0.25) is 16.4 Å². The van der Waals surface area contributed by atoms with Gasteiger partial charge in [0.15, 0.2) is 5.82 Å². The molecule has 10 heteroatoms. The van der Waals surface area contributed by atoms with Crippen LogP contribution < -0.4 is 5.56 Å². The van der Waals surface area contributed by atoms with Gasteiger partial charge in [-0.05, 0) is 50.7 Å². The number of allylic oxidation sites excluding steroid dienone is 1. The number of benzene rings is 1. The summed E-state index contributed by atoms with van der Waals surface area (Å²) in [4.78, 5) is 19.7. The van der Waals surface area contributed by atoms with Gasteiger partial charge in [-0.15, -0.1) is 11.7 Å². The lowest BCUT2D eigenvalue weighted by atomic mass is 9.98. The molecule has 160 valence electrons. The number of nitrogens with zero attached hydrogens (tertiary/aromatic N) is 7. The highest BCUT2D eigenvalue weighted by Crippen LogP contribution is 2.26. The highest BCUT2D eigenvalue weighted by atomic mass is 32.1. The standard InChI is InChI=1S/C21H23N7O2S/c1-3-10-26-19(29)16-8-4-5-9-17(16)28-20(26)23-27(21(28)31)13-25-11-6-7-15(12-25)18-22-14(2)24-30-18/h3-5,8-9,15H,1,6-7,10-13H2,2H3. The summed E-state index contributed by atoms with van der Waals surface area (Å²) in [5, 5.41) is 9.27. The fourth-order valence-corrected chi connectivity index (χ4v) is 4.59. The summed E-state index contributed by atoms with van der Waals surface area (Å²) in [7, 11) is 0. The molecule has 0 N–H and O–H groups in total. The van der Waals surface area contributed by atoms with Crippen molar-refractivity contribution in [1.29, 1.82) is 0 Å². The number of aryl methyl sites for hydroxylation is 1. The molecule has 1 atom stereocenters. The molecule has 0 amide bonds. The van der Waals surface area contributed by atoms with Crippen molar-refractivity contribution in [3.05, 3.63) is 63.8 Å². The molecule has 0 spiro atoms. The van der Waals surface area contributed by atoms with Gasteiger partial charge in [-0.25, -0.2) is 4.68 Å². The number of rotatable bonds is 5.